The summed E-state index contributed by atoms with van der Waals surface area (Å²) in [7, 11) is -0.872. The molecule has 6 aromatic carbocycles. The topological polar surface area (TPSA) is 358 Å². The number of sulfonamides is 1. The molecule has 0 radical (unpaired) electrons. The van der Waals surface area contributed by atoms with E-state index in [9.17, 15) is 37.5 Å². The predicted octanol–water partition coefficient (Wildman–Crippen LogP) is 6.72. The zero-order valence-electron chi connectivity index (χ0n) is 65.9. The van der Waals surface area contributed by atoms with Crippen LogP contribution in [0.4, 0.5) is 0 Å². The first-order chi connectivity index (χ1) is 53.2. The number of hydrogen-bond acceptors (Lipinski definition) is 16. The summed E-state index contributed by atoms with van der Waals surface area (Å²) in [6, 6.07) is 28.8. The summed E-state index contributed by atoms with van der Waals surface area (Å²) in [6.07, 6.45) is 3.98. The van der Waals surface area contributed by atoms with Crippen LogP contribution in [0.3, 0.4) is 0 Å². The van der Waals surface area contributed by atoms with E-state index in [1.54, 1.807) is 76.5 Å². The molecular weight excluding hydrogens is 1450 g/mol. The number of nitrogens with one attached hydrogen (secondary N) is 9. The number of carboxylic acid groups (broad SMARTS) is 1. The maximum Gasteiger partial charge on any atom is 0.326 e. The fourth-order valence-corrected chi connectivity index (χ4v) is 16.2. The molecule has 0 unspecified atom stereocenters. The lowest BCUT2D eigenvalue weighted by molar-refractivity contribution is -0.145. The standard InChI is InChI=1S/C85H111N11O15S/c1-51(86-9)74(97)92-72(84(3,4)5)81(104)95-49-57-19-16-18-40-111-64-35-29-54(30-36-64)44-69(83(106)107)91-77(100)67(46-56-26-32-60-22-12-14-24-62(60)42-56)90-80(103)71-48-58(50-96(71)82(105)73(85(6,7)8)93-75(98)52(2)87-10)20-15-17-39-110-63-33-27-53(28-34-63)43-68(78(101)94-112(108,109)65-37-38-65)88-76(99)66(89-79(102)70(95)47-57)45-55-25-31-59-21-11-13-23-61(59)41-55/h11-14,21-36,41-42,51-52,57-58,65-73,86-87H,15-20,37-40,43-50H2,1-10H3,(H,88,99)(H,89,102)(H,90,103)(H,91,100)(H,92,97)(H,93,98)(H,94,101)(H,106,107)/t51-,52-,57-,58-,66-,67-,68-,69-,70-,71-,72+,73+/m0/s1. The Kier molecular flexibility index (Phi) is 28.3. The minimum atomic E-state index is -4.13. The van der Waals surface area contributed by atoms with Crippen molar-refractivity contribution in [1.82, 2.24) is 57.1 Å². The summed E-state index contributed by atoms with van der Waals surface area (Å²) >= 11 is 0. The van der Waals surface area contributed by atoms with Crippen LogP contribution in [-0.4, -0.2) is 189 Å². The van der Waals surface area contributed by atoms with Crippen LogP contribution in [0.5, 0.6) is 11.5 Å². The van der Waals surface area contributed by atoms with E-state index in [0.717, 1.165) is 21.5 Å². The van der Waals surface area contributed by atoms with Crippen LogP contribution in [0, 0.1) is 22.7 Å². The number of ether oxygens (including phenoxy) is 2. The van der Waals surface area contributed by atoms with E-state index < -0.39 is 146 Å². The number of fused-ring (bicyclic) bond motifs is 2. The molecule has 3 fully saturated rings. The monoisotopic (exact) mass is 1560 g/mol. The minimum Gasteiger partial charge on any atom is -0.494 e. The summed E-state index contributed by atoms with van der Waals surface area (Å²) in [5, 5.41) is 36.8. The Hall–Kier alpha value is -9.99. The highest BCUT2D eigenvalue weighted by Crippen LogP contribution is 2.35. The lowest BCUT2D eigenvalue weighted by atomic mass is 9.85. The van der Waals surface area contributed by atoms with Crippen LogP contribution in [-0.2, 0) is 83.7 Å². The molecule has 0 aromatic heterocycles. The van der Waals surface area contributed by atoms with Crippen molar-refractivity contribution in [2.24, 2.45) is 22.7 Å². The summed E-state index contributed by atoms with van der Waals surface area (Å²) in [6.45, 7) is 15.0. The van der Waals surface area contributed by atoms with Gasteiger partial charge in [0.05, 0.1) is 30.5 Å². The van der Waals surface area contributed by atoms with Crippen LogP contribution in [0.15, 0.2) is 133 Å². The fraction of sp³-hybridized carbons (Fsp3) is 0.506. The minimum absolute atomic E-state index is 0.0425. The lowest BCUT2D eigenvalue weighted by Crippen LogP contribution is -2.61. The van der Waals surface area contributed by atoms with Gasteiger partial charge in [-0.2, -0.15) is 0 Å². The van der Waals surface area contributed by atoms with E-state index in [2.05, 4.69) is 47.3 Å². The molecule has 13 rings (SSSR count). The molecule has 10 N–H and O–H groups in total. The number of nitrogens with zero attached hydrogens (tertiary/aromatic N) is 2. The number of hydrogen-bond donors (Lipinski definition) is 10. The molecule has 9 amide bonds. The summed E-state index contributed by atoms with van der Waals surface area (Å²) in [4.78, 5) is 149. The van der Waals surface area contributed by atoms with Crippen LogP contribution in [0.1, 0.15) is 142 Å². The van der Waals surface area contributed by atoms with Crippen molar-refractivity contribution in [2.45, 2.75) is 211 Å². The van der Waals surface area contributed by atoms with Gasteiger partial charge in [0.25, 0.3) is 5.91 Å². The molecule has 602 valence electrons. The van der Waals surface area contributed by atoms with Gasteiger partial charge < -0.3 is 66.9 Å². The van der Waals surface area contributed by atoms with Gasteiger partial charge >= 0.3 is 5.97 Å². The zero-order chi connectivity index (χ0) is 80.8. The number of likely N-dealkylation sites (tertiary alicyclic amines) is 2. The normalized spacial score (nSPS) is 22.9. The Morgan fingerprint density at radius 3 is 1.29 bits per heavy atom. The summed E-state index contributed by atoms with van der Waals surface area (Å²) in [5.74, 6) is -6.49. The van der Waals surface area contributed by atoms with E-state index >= 15 is 24.0 Å². The highest BCUT2D eigenvalue weighted by Gasteiger charge is 2.48. The molecule has 112 heavy (non-hydrogen) atoms. The molecule has 1 saturated carbocycles. The van der Waals surface area contributed by atoms with Gasteiger partial charge in [-0.25, -0.2) is 13.2 Å². The third kappa shape index (κ3) is 22.7. The second kappa shape index (κ2) is 37.6. The number of carboxylic acids is 1. The molecule has 8 bridgehead atoms. The average Bonchev–Trinajstić information content (AvgIpc) is 1.62. The molecular formula is C85H111N11O15S. The van der Waals surface area contributed by atoms with E-state index in [4.69, 9.17) is 9.47 Å². The number of benzene rings is 6. The number of carbonyl (C=O) groups excluding carboxylic acids is 9. The van der Waals surface area contributed by atoms with E-state index in [1.165, 1.54) is 9.80 Å². The number of carbonyl (C=O) groups is 10. The Bertz CT molecular complexity index is 4490. The van der Waals surface area contributed by atoms with Crippen LogP contribution >= 0.6 is 0 Å². The van der Waals surface area contributed by atoms with E-state index in [-0.39, 0.29) is 76.7 Å². The quantitative estimate of drug-likeness (QED) is 0.0481. The third-order valence-electron chi connectivity index (χ3n) is 21.9. The summed E-state index contributed by atoms with van der Waals surface area (Å²) < 4.78 is 41.7. The second-order valence-corrected chi connectivity index (χ2v) is 34.8. The third-order valence-corrected chi connectivity index (χ3v) is 23.7. The first kappa shape index (κ1) is 84.5. The number of rotatable bonds is 16. The Morgan fingerprint density at radius 2 is 0.902 bits per heavy atom. The zero-order valence-corrected chi connectivity index (χ0v) is 66.7. The highest BCUT2D eigenvalue weighted by molar-refractivity contribution is 7.91. The Morgan fingerprint density at radius 1 is 0.509 bits per heavy atom. The summed E-state index contributed by atoms with van der Waals surface area (Å²) in [5.41, 5.74) is 0.747. The van der Waals surface area contributed by atoms with Gasteiger partial charge in [0.2, 0.25) is 57.3 Å². The highest BCUT2D eigenvalue weighted by atomic mass is 32.2. The molecule has 6 heterocycles. The van der Waals surface area contributed by atoms with Crippen molar-refractivity contribution in [1.29, 1.82) is 0 Å². The molecule has 0 spiro atoms. The van der Waals surface area contributed by atoms with Gasteiger partial charge in [-0.15, -0.1) is 0 Å². The van der Waals surface area contributed by atoms with Gasteiger partial charge in [0, 0.05) is 38.8 Å². The van der Waals surface area contributed by atoms with Crippen molar-refractivity contribution < 1.29 is 70.9 Å². The predicted molar refractivity (Wildman–Crippen MR) is 427 cm³/mol. The average molecular weight is 1560 g/mol. The maximum absolute atomic E-state index is 15.4. The lowest BCUT2D eigenvalue weighted by Gasteiger charge is -2.36. The Balaban J connectivity index is 0.952. The molecule has 7 aliphatic rings. The number of amides is 9. The van der Waals surface area contributed by atoms with Gasteiger partial charge in [0.15, 0.2) is 0 Å². The molecule has 6 aromatic rings. The first-order valence-corrected chi connectivity index (χ1v) is 40.7. The smallest absolute Gasteiger partial charge is 0.326 e. The van der Waals surface area contributed by atoms with Gasteiger partial charge in [0.1, 0.15) is 59.8 Å². The first-order valence-electron chi connectivity index (χ1n) is 39.2. The second-order valence-electron chi connectivity index (χ2n) is 32.8. The number of likely N-dealkylation sites (N-methyl/N-ethyl adjacent to an activating group) is 2. The van der Waals surface area contributed by atoms with Gasteiger partial charge in [-0.1, -0.05) is 151 Å². The van der Waals surface area contributed by atoms with Crippen LogP contribution in [0.25, 0.3) is 21.5 Å². The van der Waals surface area contributed by atoms with E-state index in [1.807, 2.05) is 126 Å². The van der Waals surface area contributed by atoms with Crippen molar-refractivity contribution in [2.75, 3.05) is 40.4 Å². The van der Waals surface area contributed by atoms with E-state index in [0.29, 0.717) is 85.1 Å². The molecule has 27 heteroatoms. The van der Waals surface area contributed by atoms with Crippen LogP contribution in [0.2, 0.25) is 0 Å². The molecule has 26 nitrogen and oxygen atoms in total. The maximum atomic E-state index is 15.4. The largest absolute Gasteiger partial charge is 0.494 e. The van der Waals surface area contributed by atoms with Gasteiger partial charge in [-0.3, -0.25) is 47.9 Å². The van der Waals surface area contributed by atoms with Gasteiger partial charge in [-0.05, 0) is 183 Å². The molecule has 6 aliphatic heterocycles. The molecule has 2 saturated heterocycles. The molecule has 1 aliphatic carbocycles. The molecule has 12 atom stereocenters. The SMILES string of the molecule is CN[C@@H](C)C(=O)N[C@H](C(=O)N1C[C@H]2CCCCOc3ccc(cc3)C[C@@H](C(=O)NS(=O)(=O)C3CC3)NC(=O)[C@H](Cc3ccc4ccccc4c3)NC(=O)[C@@H]3C[C@H](CCCCOc4ccc(cc4)C[C@@H](C(=O)O)NC(=O)[C@H](Cc4ccc5ccccc5c4)NC(=O)[C@@H]1C2)CN3C(=O)[C@@H](NC(=O)[C@H](C)NC)C(C)(C)C)C(C)(C)C. The van der Waals surface area contributed by atoms with Crippen molar-refractivity contribution in [3.8, 4) is 11.5 Å². The van der Waals surface area contributed by atoms with Crippen LogP contribution < -0.4 is 56.7 Å². The van der Waals surface area contributed by atoms with Crippen molar-refractivity contribution in [3.63, 3.8) is 0 Å². The number of aliphatic carboxylic acids is 1. The Labute approximate surface area is 656 Å². The van der Waals surface area contributed by atoms with Crippen molar-refractivity contribution >= 4 is 90.7 Å². The fourth-order valence-electron chi connectivity index (χ4n) is 14.8. The van der Waals surface area contributed by atoms with Crippen molar-refractivity contribution in [3.05, 3.63) is 156 Å².